The Kier molecular flexibility index (Phi) is 15.6. The van der Waals surface area contributed by atoms with Gasteiger partial charge in [-0.05, 0) is 19.3 Å². The Morgan fingerprint density at radius 3 is 1.85 bits per heavy atom. The maximum atomic E-state index is 11.3. The topological polar surface area (TPSA) is 112 Å². The smallest absolute Gasteiger partial charge is 0.407 e. The van der Waals surface area contributed by atoms with Crippen molar-refractivity contribution in [2.24, 2.45) is 0 Å². The number of esters is 1. The van der Waals surface area contributed by atoms with Crippen LogP contribution in [0.4, 0.5) is 9.59 Å². The zero-order valence-corrected chi connectivity index (χ0v) is 15.0. The van der Waals surface area contributed by atoms with Crippen LogP contribution in [0.3, 0.4) is 0 Å². The molecule has 0 unspecified atom stereocenters. The molecule has 0 fully saturated rings. The molecule has 9 heteroatoms. The van der Waals surface area contributed by atoms with Gasteiger partial charge >= 0.3 is 18.2 Å². The van der Waals surface area contributed by atoms with E-state index in [2.05, 4.69) is 28.5 Å². The maximum Gasteiger partial charge on any atom is 0.407 e. The van der Waals surface area contributed by atoms with Crippen LogP contribution in [-0.2, 0) is 23.7 Å². The molecular formula is C17H28N2O7. The number of ether oxygens (including phenoxy) is 4. The van der Waals surface area contributed by atoms with Crippen LogP contribution in [0.25, 0.3) is 0 Å². The average Bonchev–Trinajstić information content (AvgIpc) is 2.64. The Labute approximate surface area is 153 Å². The molecule has 0 aromatic carbocycles. The predicted octanol–water partition coefficient (Wildman–Crippen LogP) is 1.54. The summed E-state index contributed by atoms with van der Waals surface area (Å²) in [6, 6.07) is 0. The molecule has 0 aliphatic carbocycles. The van der Waals surface area contributed by atoms with E-state index < -0.39 is 18.2 Å². The number of hydrogen-bond donors (Lipinski definition) is 2. The molecule has 26 heavy (non-hydrogen) atoms. The molecule has 0 aromatic heterocycles. The number of alkyl carbamates (subject to hydrolysis) is 2. The van der Waals surface area contributed by atoms with Crippen molar-refractivity contribution in [2.45, 2.75) is 19.3 Å². The highest BCUT2D eigenvalue weighted by Crippen LogP contribution is 1.93. The van der Waals surface area contributed by atoms with E-state index in [1.807, 2.05) is 0 Å². The second-order valence-corrected chi connectivity index (χ2v) is 4.92. The van der Waals surface area contributed by atoms with Gasteiger partial charge in [-0.15, -0.1) is 6.58 Å². The highest BCUT2D eigenvalue weighted by Gasteiger charge is 2.03. The van der Waals surface area contributed by atoms with E-state index in [9.17, 15) is 14.4 Å². The van der Waals surface area contributed by atoms with E-state index in [1.165, 1.54) is 0 Å². The summed E-state index contributed by atoms with van der Waals surface area (Å²) in [6.07, 6.45) is 3.93. The van der Waals surface area contributed by atoms with E-state index in [-0.39, 0.29) is 19.8 Å². The van der Waals surface area contributed by atoms with E-state index in [0.29, 0.717) is 26.3 Å². The Morgan fingerprint density at radius 2 is 1.31 bits per heavy atom. The van der Waals surface area contributed by atoms with E-state index in [0.717, 1.165) is 25.3 Å². The average molecular weight is 372 g/mol. The molecule has 0 heterocycles. The van der Waals surface area contributed by atoms with Crippen LogP contribution in [0.15, 0.2) is 25.3 Å². The van der Waals surface area contributed by atoms with Crippen molar-refractivity contribution < 1.29 is 33.3 Å². The molecule has 2 amide bonds. The van der Waals surface area contributed by atoms with Crippen molar-refractivity contribution in [1.29, 1.82) is 0 Å². The number of nitrogens with one attached hydrogen (secondary N) is 2. The summed E-state index contributed by atoms with van der Waals surface area (Å²) in [5.41, 5.74) is 0. The number of unbranched alkanes of at least 4 members (excludes halogenated alkanes) is 2. The molecule has 0 radical (unpaired) electrons. The summed E-state index contributed by atoms with van der Waals surface area (Å²) in [4.78, 5) is 33.4. The zero-order chi connectivity index (χ0) is 19.5. The first-order valence-corrected chi connectivity index (χ1v) is 8.39. The fourth-order valence-electron chi connectivity index (χ4n) is 1.61. The lowest BCUT2D eigenvalue weighted by atomic mass is 10.2. The number of carbonyl (C=O) groups is 3. The first-order valence-electron chi connectivity index (χ1n) is 8.39. The molecule has 9 nitrogen and oxygen atoms in total. The molecule has 0 aliphatic heterocycles. The Hall–Kier alpha value is -2.55. The summed E-state index contributed by atoms with van der Waals surface area (Å²) in [6.45, 7) is 8.62. The van der Waals surface area contributed by atoms with Crippen molar-refractivity contribution in [3.8, 4) is 0 Å². The highest BCUT2D eigenvalue weighted by atomic mass is 16.6. The molecule has 0 saturated heterocycles. The molecule has 0 spiro atoms. The Balaban J connectivity index is 3.35. The number of hydrogen-bond acceptors (Lipinski definition) is 7. The van der Waals surface area contributed by atoms with Gasteiger partial charge in [0.1, 0.15) is 19.8 Å². The molecule has 0 atom stereocenters. The third-order valence-electron chi connectivity index (χ3n) is 2.82. The van der Waals surface area contributed by atoms with Crippen LogP contribution in [0.5, 0.6) is 0 Å². The van der Waals surface area contributed by atoms with Gasteiger partial charge in [-0.1, -0.05) is 12.7 Å². The lowest BCUT2D eigenvalue weighted by Crippen LogP contribution is -2.28. The van der Waals surface area contributed by atoms with Crippen LogP contribution in [0, 0.1) is 0 Å². The van der Waals surface area contributed by atoms with Crippen LogP contribution in [0.2, 0.25) is 0 Å². The van der Waals surface area contributed by atoms with Gasteiger partial charge < -0.3 is 29.6 Å². The normalized spacial score (nSPS) is 9.69. The Morgan fingerprint density at radius 1 is 0.769 bits per heavy atom. The quantitative estimate of drug-likeness (QED) is 0.147. The number of rotatable bonds is 15. The molecule has 0 saturated carbocycles. The van der Waals surface area contributed by atoms with Gasteiger partial charge in [-0.25, -0.2) is 14.4 Å². The van der Waals surface area contributed by atoms with Crippen LogP contribution in [0.1, 0.15) is 19.3 Å². The predicted molar refractivity (Wildman–Crippen MR) is 94.7 cm³/mol. The molecule has 0 rings (SSSR count). The van der Waals surface area contributed by atoms with E-state index in [4.69, 9.17) is 14.2 Å². The van der Waals surface area contributed by atoms with Gasteiger partial charge in [0.25, 0.3) is 0 Å². The fraction of sp³-hybridized carbons (Fsp3) is 0.588. The van der Waals surface area contributed by atoms with Crippen molar-refractivity contribution in [2.75, 3.05) is 46.1 Å². The largest absolute Gasteiger partial charge is 0.459 e. The molecule has 148 valence electrons. The Bertz CT molecular complexity index is 441. The first kappa shape index (κ1) is 23.4. The van der Waals surface area contributed by atoms with Crippen LogP contribution in [-0.4, -0.2) is 64.3 Å². The minimum absolute atomic E-state index is 0.0135. The van der Waals surface area contributed by atoms with Gasteiger partial charge in [0, 0.05) is 19.2 Å². The van der Waals surface area contributed by atoms with Gasteiger partial charge in [-0.2, -0.15) is 0 Å². The molecule has 2 N–H and O–H groups in total. The summed E-state index contributed by atoms with van der Waals surface area (Å²) in [5, 5.41) is 5.20. The lowest BCUT2D eigenvalue weighted by molar-refractivity contribution is -0.138. The number of carbonyl (C=O) groups excluding carboxylic acids is 3. The van der Waals surface area contributed by atoms with Gasteiger partial charge in [0.05, 0.1) is 13.2 Å². The van der Waals surface area contributed by atoms with Gasteiger partial charge in [0.2, 0.25) is 0 Å². The third-order valence-corrected chi connectivity index (χ3v) is 2.82. The lowest BCUT2D eigenvalue weighted by Gasteiger charge is -2.08. The molecular weight excluding hydrogens is 344 g/mol. The minimum Gasteiger partial charge on any atom is -0.459 e. The second kappa shape index (κ2) is 17.3. The summed E-state index contributed by atoms with van der Waals surface area (Å²) in [5.74, 6) is -0.562. The van der Waals surface area contributed by atoms with Gasteiger partial charge in [-0.3, -0.25) is 0 Å². The second-order valence-electron chi connectivity index (χ2n) is 4.92. The standard InChI is InChI=1S/C17H28N2O7/c1-3-10-23-11-12-25-16(21)18-8-6-5-7-9-19-17(22)26-14-13-24-15(20)4-2/h3-4H,1-2,5-14H2,(H,18,21)(H,19,22). The molecule has 0 bridgehead atoms. The summed E-state index contributed by atoms with van der Waals surface area (Å²) >= 11 is 0. The fourth-order valence-corrected chi connectivity index (χ4v) is 1.61. The van der Waals surface area contributed by atoms with E-state index in [1.54, 1.807) is 6.08 Å². The highest BCUT2D eigenvalue weighted by molar-refractivity contribution is 5.81. The van der Waals surface area contributed by atoms with Crippen molar-refractivity contribution in [1.82, 2.24) is 10.6 Å². The first-order chi connectivity index (χ1) is 12.6. The summed E-state index contributed by atoms with van der Waals surface area (Å²) < 4.78 is 19.4. The SMILES string of the molecule is C=CCOCCOC(=O)NCCCCCNC(=O)OCCOC(=O)C=C. The third kappa shape index (κ3) is 16.3. The molecule has 0 aromatic rings. The van der Waals surface area contributed by atoms with Gasteiger partial charge in [0.15, 0.2) is 0 Å². The minimum atomic E-state index is -0.569. The summed E-state index contributed by atoms with van der Waals surface area (Å²) in [7, 11) is 0. The van der Waals surface area contributed by atoms with Crippen molar-refractivity contribution in [3.63, 3.8) is 0 Å². The van der Waals surface area contributed by atoms with Crippen molar-refractivity contribution >= 4 is 18.2 Å². The van der Waals surface area contributed by atoms with Crippen LogP contribution < -0.4 is 10.6 Å². The molecule has 0 aliphatic rings. The monoisotopic (exact) mass is 372 g/mol. The zero-order valence-electron chi connectivity index (χ0n) is 15.0. The van der Waals surface area contributed by atoms with Crippen LogP contribution >= 0.6 is 0 Å². The number of amides is 2. The van der Waals surface area contributed by atoms with E-state index >= 15 is 0 Å². The maximum absolute atomic E-state index is 11.3. The van der Waals surface area contributed by atoms with Crippen molar-refractivity contribution in [3.05, 3.63) is 25.3 Å².